The SMILES string of the molecule is CC(=O)CCCCCCCC(=O)c1ccc(C(=O)N(CCO)c2cccc3cccnc23)cc1.CC(=O)CCCCCCCC(=O)c1ccc(C(N)C(=O)Cc2cccc3cccnc23)cc1.CC(=O)CCCCCCCC(=O)c1ccc(CC(=O)N(CCO)c2ccc(F)cc2)cc1.CC(=O)CCCCCCCC(=O)c1ccc(CC(=O)N(c2ccccc2)c2ccccc2)cc1. The number of aliphatic hydroxyl groups excluding tert-OH is 2. The number of nitrogens with zero attached hydrogens (tertiary/aromatic N) is 5. The summed E-state index contributed by atoms with van der Waals surface area (Å²) in [4.78, 5) is 159. The molecule has 2 aromatic heterocycles. The van der Waals surface area contributed by atoms with Crippen molar-refractivity contribution >= 4 is 114 Å². The normalized spacial score (nSPS) is 11.0. The van der Waals surface area contributed by atoms with Gasteiger partial charge in [-0.05, 0) is 180 Å². The van der Waals surface area contributed by atoms with Crippen LogP contribution in [0.5, 0.6) is 0 Å². The molecular weight excluding hydrogens is 1670 g/mol. The van der Waals surface area contributed by atoms with E-state index in [1.165, 1.54) is 34.1 Å². The van der Waals surface area contributed by atoms with E-state index < -0.39 is 11.9 Å². The zero-order valence-electron chi connectivity index (χ0n) is 77.6. The van der Waals surface area contributed by atoms with E-state index in [1.54, 1.807) is 118 Å². The molecule has 20 nitrogen and oxygen atoms in total. The highest BCUT2D eigenvalue weighted by Crippen LogP contribution is 2.31. The fourth-order valence-electron chi connectivity index (χ4n) is 15.5. The zero-order chi connectivity index (χ0) is 95.5. The number of para-hydroxylation sites is 4. The number of pyridine rings is 2. The van der Waals surface area contributed by atoms with Crippen LogP contribution in [-0.4, -0.2) is 116 Å². The monoisotopic (exact) mass is 1800 g/mol. The van der Waals surface area contributed by atoms with Gasteiger partial charge in [-0.25, -0.2) is 4.39 Å². The van der Waals surface area contributed by atoms with E-state index in [4.69, 9.17) is 5.73 Å². The number of unbranched alkanes of at least 4 members (excludes halogenated alkanes) is 16. The maximum atomic E-state index is 13.3. The summed E-state index contributed by atoms with van der Waals surface area (Å²) >= 11 is 0. The van der Waals surface area contributed by atoms with E-state index in [2.05, 4.69) is 9.97 Å². The first-order valence-electron chi connectivity index (χ1n) is 46.9. The van der Waals surface area contributed by atoms with Gasteiger partial charge in [-0.2, -0.15) is 0 Å². The van der Waals surface area contributed by atoms with Crippen LogP contribution in [0.1, 0.15) is 288 Å². The van der Waals surface area contributed by atoms with Crippen LogP contribution in [0.3, 0.4) is 0 Å². The molecule has 0 saturated heterocycles. The molecule has 0 aliphatic heterocycles. The molecule has 3 amide bonds. The molecule has 133 heavy (non-hydrogen) atoms. The van der Waals surface area contributed by atoms with Gasteiger partial charge in [0.2, 0.25) is 11.8 Å². The molecular formula is C112H129FN6O14. The Morgan fingerprint density at radius 2 is 0.662 bits per heavy atom. The molecule has 0 aliphatic carbocycles. The number of ketones is 9. The lowest BCUT2D eigenvalue weighted by Gasteiger charge is -2.23. The minimum absolute atomic E-state index is 0.0266. The molecule has 0 radical (unpaired) electrons. The van der Waals surface area contributed by atoms with Gasteiger partial charge in [0, 0.05) is 139 Å². The van der Waals surface area contributed by atoms with Crippen LogP contribution in [-0.2, 0) is 52.8 Å². The number of hydrogen-bond donors (Lipinski definition) is 3. The number of halogens is 1. The first-order chi connectivity index (χ1) is 64.4. The molecule has 0 fully saturated rings. The van der Waals surface area contributed by atoms with Crippen molar-refractivity contribution in [2.45, 2.75) is 233 Å². The lowest BCUT2D eigenvalue weighted by Crippen LogP contribution is -2.34. The van der Waals surface area contributed by atoms with Gasteiger partial charge >= 0.3 is 0 Å². The summed E-state index contributed by atoms with van der Waals surface area (Å²) in [5, 5.41) is 20.8. The van der Waals surface area contributed by atoms with Gasteiger partial charge in [0.05, 0.1) is 48.8 Å². The maximum absolute atomic E-state index is 13.3. The second kappa shape index (κ2) is 58.7. The summed E-state index contributed by atoms with van der Waals surface area (Å²) in [6.07, 6.45) is 27.8. The maximum Gasteiger partial charge on any atom is 0.258 e. The number of fused-ring (bicyclic) bond motifs is 2. The Bertz CT molecular complexity index is 5490. The average molecular weight is 1800 g/mol. The van der Waals surface area contributed by atoms with Crippen LogP contribution in [0.15, 0.2) is 255 Å². The Morgan fingerprint density at radius 3 is 1.07 bits per heavy atom. The molecule has 4 N–H and O–H groups in total. The van der Waals surface area contributed by atoms with Crippen molar-refractivity contribution < 1.29 is 72.1 Å². The van der Waals surface area contributed by atoms with Crippen LogP contribution >= 0.6 is 0 Å². The predicted molar refractivity (Wildman–Crippen MR) is 526 cm³/mol. The van der Waals surface area contributed by atoms with Crippen molar-refractivity contribution in [3.8, 4) is 0 Å². The number of carbonyl (C=O) groups is 12. The van der Waals surface area contributed by atoms with E-state index in [1.807, 2.05) is 146 Å². The summed E-state index contributed by atoms with van der Waals surface area (Å²) < 4.78 is 13.2. The minimum Gasteiger partial charge on any atom is -0.395 e. The van der Waals surface area contributed by atoms with Crippen LogP contribution in [0, 0.1) is 5.82 Å². The van der Waals surface area contributed by atoms with E-state index in [0.717, 1.165) is 173 Å². The van der Waals surface area contributed by atoms with Gasteiger partial charge in [-0.15, -0.1) is 0 Å². The predicted octanol–water partition coefficient (Wildman–Crippen LogP) is 22.9. The molecule has 698 valence electrons. The third-order valence-electron chi connectivity index (χ3n) is 23.0. The second-order valence-corrected chi connectivity index (χ2v) is 33.8. The van der Waals surface area contributed by atoms with Crippen molar-refractivity contribution in [1.82, 2.24) is 9.97 Å². The van der Waals surface area contributed by atoms with Crippen LogP contribution in [0.25, 0.3) is 21.8 Å². The Labute approximate surface area is 782 Å². The van der Waals surface area contributed by atoms with Gasteiger partial charge in [-0.3, -0.25) is 53.2 Å². The van der Waals surface area contributed by atoms with Crippen LogP contribution in [0.4, 0.5) is 27.1 Å². The van der Waals surface area contributed by atoms with Gasteiger partial charge in [-0.1, -0.05) is 241 Å². The fourth-order valence-corrected chi connectivity index (χ4v) is 15.5. The quantitative estimate of drug-likeness (QED) is 0.0236. The number of aromatic nitrogens is 2. The number of hydrogen-bond acceptors (Lipinski definition) is 17. The Kier molecular flexibility index (Phi) is 46.6. The smallest absolute Gasteiger partial charge is 0.258 e. The molecule has 0 saturated carbocycles. The van der Waals surface area contributed by atoms with Crippen molar-refractivity contribution in [2.24, 2.45) is 5.73 Å². The molecule has 21 heteroatoms. The molecule has 9 aromatic carbocycles. The first-order valence-corrected chi connectivity index (χ1v) is 46.9. The molecule has 0 spiro atoms. The number of carbonyl (C=O) groups excluding carboxylic acids is 12. The molecule has 1 unspecified atom stereocenters. The third kappa shape index (κ3) is 37.3. The zero-order valence-corrected chi connectivity index (χ0v) is 77.6. The number of Topliss-reactive ketones (excluding diaryl/α,β-unsaturated/α-hetero) is 9. The average Bonchev–Trinajstić information content (AvgIpc) is 0.780. The molecule has 1 atom stereocenters. The molecule has 2 heterocycles. The number of amides is 3. The first kappa shape index (κ1) is 105. The van der Waals surface area contributed by atoms with Crippen molar-refractivity contribution in [3.05, 3.63) is 311 Å². The number of anilines is 4. The molecule has 11 aromatic rings. The fraction of sp³-hybridized carbons (Fsp3) is 0.357. The Balaban J connectivity index is 0.000000218. The standard InChI is InChI=1S/C30H33NO3.C28H32N2O4.C28H32N2O3.C26H32FNO4/c1-24(32)13-7-3-2-4-12-18-29(33)26-21-19-25(20-22-26)23-30(34)31(27-14-8-5-9-15-27)28-16-10-6-11-17-28;1-21(32)9-5-3-2-4-6-13-26(33)22-14-16-24(17-15-22)28(34)30(19-20-31)25-12-7-10-23-11-8-18-29-27(23)25;1-20(31)9-5-3-2-4-6-13-25(32)21-14-16-22(17-15-21)27(29)26(33)19-24-11-7-10-23-12-8-18-30-28(23)24;1-20(30)7-5-3-2-4-6-8-25(31)22-11-9-21(10-12-22)19-26(32)28(17-18-29)24-15-13-23(27)14-16-24/h5-6,8-11,14-17,19-22H,2-4,7,12-13,18,23H2,1H3;7-8,10-12,14-18,31H,2-6,9,13,19-20H2,1H3;7-8,10-12,14-18,27H,2-6,9,13,19,29H2,1H3;9-16,29H,2-8,17-19H2,1H3. The molecule has 0 aliphatic rings. The Morgan fingerprint density at radius 1 is 0.323 bits per heavy atom. The summed E-state index contributed by atoms with van der Waals surface area (Å²) in [7, 11) is 0. The molecule has 0 bridgehead atoms. The van der Waals surface area contributed by atoms with E-state index in [0.29, 0.717) is 102 Å². The number of rotatable bonds is 53. The van der Waals surface area contributed by atoms with Gasteiger partial charge < -0.3 is 44.9 Å². The summed E-state index contributed by atoms with van der Waals surface area (Å²) in [5.41, 5.74) is 16.8. The summed E-state index contributed by atoms with van der Waals surface area (Å²) in [6, 6.07) is 71.4. The molecule has 11 rings (SSSR count). The topological polar surface area (TPSA) is 307 Å². The largest absolute Gasteiger partial charge is 0.395 e. The third-order valence-corrected chi connectivity index (χ3v) is 23.0. The van der Waals surface area contributed by atoms with Crippen LogP contribution in [0.2, 0.25) is 0 Å². The summed E-state index contributed by atoms with van der Waals surface area (Å²) in [5.74, 6) is 0.348. The lowest BCUT2D eigenvalue weighted by molar-refractivity contribution is -0.120. The number of benzene rings is 9. The number of aliphatic hydroxyl groups is 2. The lowest BCUT2D eigenvalue weighted by atomic mass is 9.95. The highest BCUT2D eigenvalue weighted by molar-refractivity contribution is 6.11. The van der Waals surface area contributed by atoms with Crippen molar-refractivity contribution in [2.75, 3.05) is 41.0 Å². The van der Waals surface area contributed by atoms with Gasteiger partial charge in [0.15, 0.2) is 28.9 Å². The number of nitrogens with two attached hydrogens (primary N) is 1. The van der Waals surface area contributed by atoms with Gasteiger partial charge in [0.1, 0.15) is 29.0 Å². The van der Waals surface area contributed by atoms with Crippen molar-refractivity contribution in [3.63, 3.8) is 0 Å². The highest BCUT2D eigenvalue weighted by atomic mass is 19.1. The highest BCUT2D eigenvalue weighted by Gasteiger charge is 2.25. The Hall–Kier alpha value is -13.0. The second-order valence-electron chi connectivity index (χ2n) is 33.8. The van der Waals surface area contributed by atoms with Crippen LogP contribution < -0.4 is 20.4 Å². The van der Waals surface area contributed by atoms with E-state index in [9.17, 15) is 72.1 Å². The minimum atomic E-state index is -0.747. The van der Waals surface area contributed by atoms with Gasteiger partial charge in [0.25, 0.3) is 5.91 Å². The van der Waals surface area contributed by atoms with E-state index in [-0.39, 0.29) is 115 Å². The summed E-state index contributed by atoms with van der Waals surface area (Å²) in [6.45, 7) is 6.35. The van der Waals surface area contributed by atoms with E-state index >= 15 is 0 Å². The van der Waals surface area contributed by atoms with Crippen molar-refractivity contribution in [1.29, 1.82) is 0 Å².